The summed E-state index contributed by atoms with van der Waals surface area (Å²) in [5.41, 5.74) is 3.22. The largest absolute Gasteiger partial charge is 0.490 e. The molecule has 0 fully saturated rings. The average molecular weight is 218 g/mol. The zero-order chi connectivity index (χ0) is 11.8. The van der Waals surface area contributed by atoms with E-state index in [1.165, 1.54) is 6.92 Å². The van der Waals surface area contributed by atoms with E-state index < -0.39 is 0 Å². The smallest absolute Gasteiger partial charge is 0.236 e. The Morgan fingerprint density at radius 3 is 2.75 bits per heavy atom. The van der Waals surface area contributed by atoms with Crippen LogP contribution in [0.2, 0.25) is 0 Å². The number of nitrogens with one attached hydrogen (secondary N) is 1. The van der Waals surface area contributed by atoms with Crippen molar-refractivity contribution < 1.29 is 9.53 Å². The SMILES string of the molecule is C=CCOc1ccc(/C=N/NC(C)=O)cc1. The summed E-state index contributed by atoms with van der Waals surface area (Å²) in [5, 5.41) is 3.75. The van der Waals surface area contributed by atoms with E-state index in [9.17, 15) is 4.79 Å². The van der Waals surface area contributed by atoms with E-state index in [0.29, 0.717) is 6.61 Å². The molecule has 1 aromatic carbocycles. The summed E-state index contributed by atoms with van der Waals surface area (Å²) >= 11 is 0. The maximum atomic E-state index is 10.6. The molecule has 1 amide bonds. The number of hydrogen-bond acceptors (Lipinski definition) is 3. The first kappa shape index (κ1) is 12.0. The van der Waals surface area contributed by atoms with Crippen molar-refractivity contribution >= 4 is 12.1 Å². The van der Waals surface area contributed by atoms with Gasteiger partial charge in [-0.15, -0.1) is 0 Å². The quantitative estimate of drug-likeness (QED) is 0.465. The van der Waals surface area contributed by atoms with Crippen LogP contribution in [0.3, 0.4) is 0 Å². The number of amides is 1. The van der Waals surface area contributed by atoms with Crippen LogP contribution in [0.1, 0.15) is 12.5 Å². The van der Waals surface area contributed by atoms with Crippen molar-refractivity contribution in [3.63, 3.8) is 0 Å². The third kappa shape index (κ3) is 4.41. The topological polar surface area (TPSA) is 50.7 Å². The van der Waals surface area contributed by atoms with Gasteiger partial charge in [0.05, 0.1) is 6.21 Å². The summed E-state index contributed by atoms with van der Waals surface area (Å²) in [7, 11) is 0. The molecule has 0 unspecified atom stereocenters. The lowest BCUT2D eigenvalue weighted by molar-refractivity contribution is -0.118. The fraction of sp³-hybridized carbons (Fsp3) is 0.167. The van der Waals surface area contributed by atoms with Crippen LogP contribution in [0.4, 0.5) is 0 Å². The second kappa shape index (κ2) is 6.40. The lowest BCUT2D eigenvalue weighted by atomic mass is 10.2. The molecule has 4 heteroatoms. The van der Waals surface area contributed by atoms with Crippen LogP contribution in [0.15, 0.2) is 42.0 Å². The highest BCUT2D eigenvalue weighted by atomic mass is 16.5. The molecule has 0 aliphatic carbocycles. The van der Waals surface area contributed by atoms with Crippen molar-refractivity contribution in [1.82, 2.24) is 5.43 Å². The second-order valence-corrected chi connectivity index (χ2v) is 3.09. The van der Waals surface area contributed by atoms with Gasteiger partial charge in [-0.3, -0.25) is 4.79 Å². The van der Waals surface area contributed by atoms with E-state index in [0.717, 1.165) is 11.3 Å². The van der Waals surface area contributed by atoms with Gasteiger partial charge in [0.25, 0.3) is 0 Å². The molecule has 0 saturated heterocycles. The molecule has 1 N–H and O–H groups in total. The first-order chi connectivity index (χ1) is 7.72. The van der Waals surface area contributed by atoms with E-state index in [-0.39, 0.29) is 5.91 Å². The third-order valence-corrected chi connectivity index (χ3v) is 1.68. The van der Waals surface area contributed by atoms with E-state index >= 15 is 0 Å². The zero-order valence-electron chi connectivity index (χ0n) is 9.14. The Morgan fingerprint density at radius 2 is 2.19 bits per heavy atom. The molecule has 0 atom stereocenters. The van der Waals surface area contributed by atoms with Gasteiger partial charge in [-0.25, -0.2) is 5.43 Å². The average Bonchev–Trinajstić information content (AvgIpc) is 2.27. The zero-order valence-corrected chi connectivity index (χ0v) is 9.14. The van der Waals surface area contributed by atoms with Gasteiger partial charge in [0.2, 0.25) is 5.91 Å². The molecular weight excluding hydrogens is 204 g/mol. The minimum Gasteiger partial charge on any atom is -0.490 e. The highest BCUT2D eigenvalue weighted by Crippen LogP contribution is 2.10. The Bertz CT molecular complexity index is 383. The van der Waals surface area contributed by atoms with Crippen molar-refractivity contribution in [1.29, 1.82) is 0 Å². The molecule has 1 rings (SSSR count). The third-order valence-electron chi connectivity index (χ3n) is 1.68. The molecule has 0 saturated carbocycles. The van der Waals surface area contributed by atoms with Crippen molar-refractivity contribution in [2.45, 2.75) is 6.92 Å². The van der Waals surface area contributed by atoms with Crippen molar-refractivity contribution in [3.05, 3.63) is 42.5 Å². The number of benzene rings is 1. The van der Waals surface area contributed by atoms with Gasteiger partial charge in [0.15, 0.2) is 0 Å². The summed E-state index contributed by atoms with van der Waals surface area (Å²) in [6, 6.07) is 7.37. The summed E-state index contributed by atoms with van der Waals surface area (Å²) in [5.74, 6) is 0.582. The molecule has 0 aromatic heterocycles. The molecule has 0 spiro atoms. The predicted octanol–water partition coefficient (Wildman–Crippen LogP) is 1.72. The molecule has 0 bridgehead atoms. The molecule has 16 heavy (non-hydrogen) atoms. The number of hydrazone groups is 1. The summed E-state index contributed by atoms with van der Waals surface area (Å²) in [6.45, 7) is 5.46. The molecule has 0 aliphatic rings. The van der Waals surface area contributed by atoms with E-state index in [1.807, 2.05) is 24.3 Å². The van der Waals surface area contributed by atoms with Gasteiger partial charge >= 0.3 is 0 Å². The number of carbonyl (C=O) groups is 1. The van der Waals surface area contributed by atoms with Gasteiger partial charge in [-0.2, -0.15) is 5.10 Å². The molecule has 1 aromatic rings. The van der Waals surface area contributed by atoms with Crippen LogP contribution >= 0.6 is 0 Å². The van der Waals surface area contributed by atoms with Crippen LogP contribution in [-0.2, 0) is 4.79 Å². The second-order valence-electron chi connectivity index (χ2n) is 3.09. The Kier molecular flexibility index (Phi) is 4.79. The van der Waals surface area contributed by atoms with Gasteiger partial charge in [-0.1, -0.05) is 12.7 Å². The van der Waals surface area contributed by atoms with Crippen molar-refractivity contribution in [3.8, 4) is 5.75 Å². The highest BCUT2D eigenvalue weighted by molar-refractivity contribution is 5.81. The van der Waals surface area contributed by atoms with E-state index in [1.54, 1.807) is 12.3 Å². The highest BCUT2D eigenvalue weighted by Gasteiger charge is 1.92. The van der Waals surface area contributed by atoms with Crippen LogP contribution < -0.4 is 10.2 Å². The van der Waals surface area contributed by atoms with Crippen molar-refractivity contribution in [2.75, 3.05) is 6.61 Å². The molecule has 84 valence electrons. The van der Waals surface area contributed by atoms with Gasteiger partial charge in [0.1, 0.15) is 12.4 Å². The van der Waals surface area contributed by atoms with Gasteiger partial charge in [0, 0.05) is 6.92 Å². The standard InChI is InChI=1S/C12H14N2O2/c1-3-8-16-12-6-4-11(5-7-12)9-13-14-10(2)15/h3-7,9H,1,8H2,2H3,(H,14,15)/b13-9+. The van der Waals surface area contributed by atoms with Crippen LogP contribution in [0, 0.1) is 0 Å². The predicted molar refractivity (Wildman–Crippen MR) is 63.5 cm³/mol. The summed E-state index contributed by atoms with van der Waals surface area (Å²) in [6.07, 6.45) is 3.25. The summed E-state index contributed by atoms with van der Waals surface area (Å²) < 4.78 is 5.32. The first-order valence-corrected chi connectivity index (χ1v) is 4.86. The lowest BCUT2D eigenvalue weighted by Gasteiger charge is -2.02. The Labute approximate surface area is 94.6 Å². The normalized spacial score (nSPS) is 10.1. The van der Waals surface area contributed by atoms with E-state index in [2.05, 4.69) is 17.1 Å². The maximum absolute atomic E-state index is 10.6. The Balaban J connectivity index is 2.53. The Hall–Kier alpha value is -2.10. The van der Waals surface area contributed by atoms with Crippen molar-refractivity contribution in [2.24, 2.45) is 5.10 Å². The molecule has 0 heterocycles. The fourth-order valence-corrected chi connectivity index (χ4v) is 1.00. The fourth-order valence-electron chi connectivity index (χ4n) is 1.00. The minimum absolute atomic E-state index is 0.192. The number of rotatable bonds is 5. The molecular formula is C12H14N2O2. The molecule has 0 radical (unpaired) electrons. The number of nitrogens with zero attached hydrogens (tertiary/aromatic N) is 1. The number of hydrogen-bond donors (Lipinski definition) is 1. The van der Waals surface area contributed by atoms with Crippen LogP contribution in [0.25, 0.3) is 0 Å². The Morgan fingerprint density at radius 1 is 1.50 bits per heavy atom. The monoisotopic (exact) mass is 218 g/mol. The molecule has 4 nitrogen and oxygen atoms in total. The van der Waals surface area contributed by atoms with E-state index in [4.69, 9.17) is 4.74 Å². The number of carbonyl (C=O) groups excluding carboxylic acids is 1. The maximum Gasteiger partial charge on any atom is 0.236 e. The number of ether oxygens (including phenoxy) is 1. The summed E-state index contributed by atoms with van der Waals surface area (Å²) in [4.78, 5) is 10.6. The van der Waals surface area contributed by atoms with Gasteiger partial charge in [-0.05, 0) is 29.8 Å². The van der Waals surface area contributed by atoms with Crippen LogP contribution in [-0.4, -0.2) is 18.7 Å². The van der Waals surface area contributed by atoms with Crippen LogP contribution in [0.5, 0.6) is 5.75 Å². The first-order valence-electron chi connectivity index (χ1n) is 4.86. The molecule has 0 aliphatic heterocycles. The minimum atomic E-state index is -0.192. The van der Waals surface area contributed by atoms with Gasteiger partial charge < -0.3 is 4.74 Å². The lowest BCUT2D eigenvalue weighted by Crippen LogP contribution is -2.12.